The van der Waals surface area contributed by atoms with Crippen molar-refractivity contribution in [1.29, 1.82) is 0 Å². The molecule has 0 spiro atoms. The third-order valence-electron chi connectivity index (χ3n) is 2.79. The molecule has 18 heavy (non-hydrogen) atoms. The molecule has 1 aromatic rings. The van der Waals surface area contributed by atoms with Gasteiger partial charge in [-0.1, -0.05) is 23.2 Å². The molecule has 1 atom stereocenters. The summed E-state index contributed by atoms with van der Waals surface area (Å²) >= 11 is 12.8. The Kier molecular flexibility index (Phi) is 4.41. The van der Waals surface area contributed by atoms with Crippen molar-refractivity contribution in [3.8, 4) is 0 Å². The third-order valence-corrected chi connectivity index (χ3v) is 4.61. The van der Waals surface area contributed by atoms with E-state index in [1.807, 2.05) is 4.31 Å². The van der Waals surface area contributed by atoms with Crippen LogP contribution >= 0.6 is 35.1 Å². The Balaban J connectivity index is 2.09. The topological polar surface area (TPSA) is 43.7 Å². The quantitative estimate of drug-likeness (QED) is 0.665. The molecule has 3 nitrogen and oxygen atoms in total. The first kappa shape index (κ1) is 14.4. The Morgan fingerprint density at radius 3 is 2.72 bits per heavy atom. The Bertz CT molecular complexity index is 463. The van der Waals surface area contributed by atoms with Crippen molar-refractivity contribution >= 4 is 35.1 Å². The molecule has 1 unspecified atom stereocenters. The monoisotopic (exact) mass is 311 g/mol. The van der Waals surface area contributed by atoms with E-state index in [4.69, 9.17) is 28.3 Å². The molecular weight excluding hydrogens is 300 g/mol. The Morgan fingerprint density at radius 2 is 2.11 bits per heavy atom. The van der Waals surface area contributed by atoms with Crippen molar-refractivity contribution < 1.29 is 14.6 Å². The van der Waals surface area contributed by atoms with Gasteiger partial charge in [0.1, 0.15) is 11.4 Å². The lowest BCUT2D eigenvalue weighted by Gasteiger charge is -2.20. The summed E-state index contributed by atoms with van der Waals surface area (Å²) in [5.41, 5.74) is -1.08. The highest BCUT2D eigenvalue weighted by molar-refractivity contribution is 7.97. The Labute approximate surface area is 119 Å². The number of hydrogen-bond donors (Lipinski definition) is 2. The molecule has 0 aromatic heterocycles. The summed E-state index contributed by atoms with van der Waals surface area (Å²) in [4.78, 5) is 0.542. The van der Waals surface area contributed by atoms with Crippen LogP contribution in [0.2, 0.25) is 10.0 Å². The van der Waals surface area contributed by atoms with Crippen molar-refractivity contribution in [3.63, 3.8) is 0 Å². The van der Waals surface area contributed by atoms with Crippen LogP contribution < -0.4 is 0 Å². The van der Waals surface area contributed by atoms with Crippen molar-refractivity contribution in [2.45, 2.75) is 16.9 Å². The van der Waals surface area contributed by atoms with Crippen molar-refractivity contribution in [1.82, 2.24) is 4.31 Å². The molecule has 7 heteroatoms. The van der Waals surface area contributed by atoms with E-state index in [0.29, 0.717) is 29.4 Å². The van der Waals surface area contributed by atoms with Gasteiger partial charge in [0.2, 0.25) is 0 Å². The second kappa shape index (κ2) is 5.53. The van der Waals surface area contributed by atoms with Gasteiger partial charge in [-0.05, 0) is 30.5 Å². The van der Waals surface area contributed by atoms with Gasteiger partial charge < -0.3 is 10.2 Å². The van der Waals surface area contributed by atoms with Gasteiger partial charge in [-0.2, -0.15) is 0 Å². The van der Waals surface area contributed by atoms with Gasteiger partial charge in [-0.3, -0.25) is 0 Å². The zero-order valence-electron chi connectivity index (χ0n) is 9.37. The summed E-state index contributed by atoms with van der Waals surface area (Å²) in [6, 6.07) is 2.63. The average molecular weight is 312 g/mol. The van der Waals surface area contributed by atoms with Gasteiger partial charge in [0.15, 0.2) is 0 Å². The van der Waals surface area contributed by atoms with Crippen LogP contribution in [0.4, 0.5) is 4.39 Å². The molecule has 2 N–H and O–H groups in total. The molecule has 1 heterocycles. The van der Waals surface area contributed by atoms with Gasteiger partial charge in [-0.15, -0.1) is 0 Å². The predicted octanol–water partition coefficient (Wildman–Crippen LogP) is 2.57. The maximum atomic E-state index is 13.3. The summed E-state index contributed by atoms with van der Waals surface area (Å²) in [5, 5.41) is 19.3. The highest BCUT2D eigenvalue weighted by atomic mass is 35.5. The summed E-state index contributed by atoms with van der Waals surface area (Å²) in [7, 11) is 0. The van der Waals surface area contributed by atoms with E-state index in [0.717, 1.165) is 0 Å². The number of aliphatic hydroxyl groups excluding tert-OH is 1. The summed E-state index contributed by atoms with van der Waals surface area (Å²) in [6.45, 7) is 0.629. The van der Waals surface area contributed by atoms with E-state index in [1.54, 1.807) is 0 Å². The lowest BCUT2D eigenvalue weighted by Crippen LogP contribution is -2.35. The van der Waals surface area contributed by atoms with Crippen LogP contribution in [0.25, 0.3) is 0 Å². The summed E-state index contributed by atoms with van der Waals surface area (Å²) in [5.74, 6) is -0.528. The van der Waals surface area contributed by atoms with Gasteiger partial charge in [0.25, 0.3) is 0 Å². The molecule has 0 bridgehead atoms. The van der Waals surface area contributed by atoms with Crippen LogP contribution in [0.3, 0.4) is 0 Å². The number of hydrogen-bond acceptors (Lipinski definition) is 4. The molecule has 1 fully saturated rings. The van der Waals surface area contributed by atoms with E-state index in [9.17, 15) is 9.50 Å². The fraction of sp³-hybridized carbons (Fsp3) is 0.455. The zero-order chi connectivity index (χ0) is 13.3. The molecule has 0 amide bonds. The molecule has 1 aliphatic rings. The fourth-order valence-electron chi connectivity index (χ4n) is 1.74. The van der Waals surface area contributed by atoms with Crippen LogP contribution in [0.5, 0.6) is 0 Å². The minimum Gasteiger partial charge on any atom is -0.393 e. The number of nitrogens with zero attached hydrogens (tertiary/aromatic N) is 1. The fourth-order valence-corrected chi connectivity index (χ4v) is 3.29. The van der Waals surface area contributed by atoms with E-state index in [-0.39, 0.29) is 11.6 Å². The van der Waals surface area contributed by atoms with E-state index in [2.05, 4.69) is 0 Å². The second-order valence-corrected chi connectivity index (χ2v) is 6.24. The van der Waals surface area contributed by atoms with Crippen molar-refractivity contribution in [3.05, 3.63) is 28.0 Å². The van der Waals surface area contributed by atoms with E-state index >= 15 is 0 Å². The maximum Gasteiger partial charge on any atom is 0.143 e. The van der Waals surface area contributed by atoms with Gasteiger partial charge in [0.05, 0.1) is 16.7 Å². The maximum absolute atomic E-state index is 13.3. The van der Waals surface area contributed by atoms with Crippen LogP contribution in [0.15, 0.2) is 17.0 Å². The van der Waals surface area contributed by atoms with Crippen molar-refractivity contribution in [2.75, 3.05) is 19.7 Å². The molecule has 0 aliphatic carbocycles. The SMILES string of the molecule is OCC1(O)CCN(Sc2cc(F)c(Cl)cc2Cl)C1. The number of β-amino-alcohol motifs (C(OH)–C–C–N with tert-alkyl or cyclic N) is 1. The van der Waals surface area contributed by atoms with Crippen LogP contribution in [-0.4, -0.2) is 39.8 Å². The molecule has 1 aliphatic heterocycles. The molecule has 1 aromatic carbocycles. The first-order valence-electron chi connectivity index (χ1n) is 5.34. The number of benzene rings is 1. The highest BCUT2D eigenvalue weighted by Crippen LogP contribution is 2.36. The average Bonchev–Trinajstić information content (AvgIpc) is 2.69. The van der Waals surface area contributed by atoms with Gasteiger partial charge in [-0.25, -0.2) is 8.70 Å². The normalized spacial score (nSPS) is 24.7. The number of halogens is 3. The zero-order valence-corrected chi connectivity index (χ0v) is 11.7. The molecule has 1 saturated heterocycles. The number of rotatable bonds is 3. The highest BCUT2D eigenvalue weighted by Gasteiger charge is 2.36. The lowest BCUT2D eigenvalue weighted by atomic mass is 10.1. The standard InChI is InChI=1S/C11H12Cl2FNO2S/c12-7-3-8(13)10(4-9(7)14)18-15-2-1-11(17,5-15)6-16/h3-4,16-17H,1-2,5-6H2. The van der Waals surface area contributed by atoms with Gasteiger partial charge >= 0.3 is 0 Å². The Morgan fingerprint density at radius 1 is 1.39 bits per heavy atom. The van der Waals surface area contributed by atoms with Crippen molar-refractivity contribution in [2.24, 2.45) is 0 Å². The second-order valence-electron chi connectivity index (χ2n) is 4.28. The molecule has 100 valence electrons. The predicted molar refractivity (Wildman–Crippen MR) is 70.5 cm³/mol. The summed E-state index contributed by atoms with van der Waals surface area (Å²) in [6.07, 6.45) is 0.476. The third kappa shape index (κ3) is 3.10. The minimum atomic E-state index is -1.08. The first-order chi connectivity index (χ1) is 8.43. The molecular formula is C11H12Cl2FNO2S. The van der Waals surface area contributed by atoms with Crippen LogP contribution in [0.1, 0.15) is 6.42 Å². The smallest absolute Gasteiger partial charge is 0.143 e. The van der Waals surface area contributed by atoms with Crippen LogP contribution in [0, 0.1) is 5.82 Å². The van der Waals surface area contributed by atoms with Gasteiger partial charge in [0, 0.05) is 18.0 Å². The first-order valence-corrected chi connectivity index (χ1v) is 6.87. The largest absolute Gasteiger partial charge is 0.393 e. The molecule has 2 rings (SSSR count). The van der Waals surface area contributed by atoms with E-state index < -0.39 is 11.4 Å². The van der Waals surface area contributed by atoms with Crippen LogP contribution in [-0.2, 0) is 0 Å². The molecule has 0 radical (unpaired) electrons. The minimum absolute atomic E-state index is 0.0161. The lowest BCUT2D eigenvalue weighted by molar-refractivity contribution is -0.000268. The number of aliphatic hydroxyl groups is 2. The summed E-state index contributed by atoms with van der Waals surface area (Å²) < 4.78 is 15.2. The van der Waals surface area contributed by atoms with E-state index in [1.165, 1.54) is 24.1 Å². The molecule has 0 saturated carbocycles. The Hall–Kier alpha value is -0.0400.